The Kier molecular flexibility index (Phi) is 3.44. The Labute approximate surface area is 113 Å². The van der Waals surface area contributed by atoms with Crippen LogP contribution >= 0.6 is 0 Å². The molecule has 2 nitrogen and oxygen atoms in total. The summed E-state index contributed by atoms with van der Waals surface area (Å²) in [5.41, 5.74) is 0.556. The predicted octanol–water partition coefficient (Wildman–Crippen LogP) is 3.17. The van der Waals surface area contributed by atoms with Crippen LogP contribution in [-0.4, -0.2) is 36.1 Å². The van der Waals surface area contributed by atoms with Crippen molar-refractivity contribution in [1.82, 2.24) is 10.2 Å². The Hall–Kier alpha value is -0.0800. The van der Waals surface area contributed by atoms with E-state index in [0.717, 1.165) is 24.2 Å². The number of rotatable bonds is 2. The molecule has 3 unspecified atom stereocenters. The van der Waals surface area contributed by atoms with E-state index in [4.69, 9.17) is 0 Å². The molecule has 3 fully saturated rings. The van der Waals surface area contributed by atoms with Crippen molar-refractivity contribution in [3.63, 3.8) is 0 Å². The summed E-state index contributed by atoms with van der Waals surface area (Å²) < 4.78 is 0. The fourth-order valence-electron chi connectivity index (χ4n) is 5.02. The first-order valence-electron chi connectivity index (χ1n) is 8.06. The summed E-state index contributed by atoms with van der Waals surface area (Å²) in [4.78, 5) is 2.98. The van der Waals surface area contributed by atoms with Crippen LogP contribution in [0.15, 0.2) is 0 Å². The number of piperidine rings is 2. The topological polar surface area (TPSA) is 15.3 Å². The largest absolute Gasteiger partial charge is 0.317 e. The zero-order valence-corrected chi connectivity index (χ0v) is 12.4. The van der Waals surface area contributed by atoms with E-state index in [1.165, 1.54) is 51.4 Å². The molecule has 104 valence electrons. The normalized spacial score (nSPS) is 44.2. The molecule has 1 aliphatic carbocycles. The summed E-state index contributed by atoms with van der Waals surface area (Å²) in [5.74, 6) is 0. The standard InChI is InChI=1S/C16H30N2/c1-16(2)9-5-8-15(16)18-13-6-4-7-14(18)11-12(10-13)17-3/h12-15,17H,4-11H2,1-3H3. The number of hydrogen-bond donors (Lipinski definition) is 1. The molecule has 3 aliphatic rings. The Morgan fingerprint density at radius 2 is 1.67 bits per heavy atom. The van der Waals surface area contributed by atoms with Crippen molar-refractivity contribution in [2.75, 3.05) is 7.05 Å². The minimum atomic E-state index is 0.556. The molecule has 3 rings (SSSR count). The van der Waals surface area contributed by atoms with Gasteiger partial charge in [-0.1, -0.05) is 26.7 Å². The smallest absolute Gasteiger partial charge is 0.0152 e. The summed E-state index contributed by atoms with van der Waals surface area (Å²) in [6.07, 6.45) is 11.5. The van der Waals surface area contributed by atoms with Crippen LogP contribution in [0.1, 0.15) is 65.2 Å². The molecule has 0 aromatic heterocycles. The maximum Gasteiger partial charge on any atom is 0.0152 e. The highest BCUT2D eigenvalue weighted by Crippen LogP contribution is 2.46. The molecule has 2 saturated heterocycles. The van der Waals surface area contributed by atoms with Crippen LogP contribution in [0.25, 0.3) is 0 Å². The molecule has 0 aromatic rings. The van der Waals surface area contributed by atoms with E-state index in [1.807, 2.05) is 0 Å². The van der Waals surface area contributed by atoms with Crippen LogP contribution in [0.3, 0.4) is 0 Å². The van der Waals surface area contributed by atoms with E-state index in [1.54, 1.807) is 0 Å². The van der Waals surface area contributed by atoms with Gasteiger partial charge in [-0.3, -0.25) is 4.90 Å². The van der Waals surface area contributed by atoms with Gasteiger partial charge in [-0.15, -0.1) is 0 Å². The lowest BCUT2D eigenvalue weighted by Crippen LogP contribution is -2.61. The molecule has 3 atom stereocenters. The highest BCUT2D eigenvalue weighted by atomic mass is 15.3. The van der Waals surface area contributed by atoms with Crippen molar-refractivity contribution >= 4 is 0 Å². The third-order valence-electron chi connectivity index (χ3n) is 6.00. The molecule has 18 heavy (non-hydrogen) atoms. The molecular weight excluding hydrogens is 220 g/mol. The van der Waals surface area contributed by atoms with E-state index in [0.29, 0.717) is 5.41 Å². The van der Waals surface area contributed by atoms with E-state index >= 15 is 0 Å². The molecule has 1 N–H and O–H groups in total. The first-order valence-corrected chi connectivity index (χ1v) is 8.06. The number of fused-ring (bicyclic) bond motifs is 2. The van der Waals surface area contributed by atoms with E-state index in [9.17, 15) is 0 Å². The van der Waals surface area contributed by atoms with E-state index in [2.05, 4.69) is 31.1 Å². The van der Waals surface area contributed by atoms with Crippen LogP contribution in [0.5, 0.6) is 0 Å². The Bertz CT molecular complexity index is 285. The van der Waals surface area contributed by atoms with Crippen molar-refractivity contribution in [3.05, 3.63) is 0 Å². The number of nitrogens with one attached hydrogen (secondary N) is 1. The monoisotopic (exact) mass is 250 g/mol. The van der Waals surface area contributed by atoms with Crippen LogP contribution in [0.4, 0.5) is 0 Å². The zero-order chi connectivity index (χ0) is 12.8. The second-order valence-electron chi connectivity index (χ2n) is 7.54. The van der Waals surface area contributed by atoms with Gasteiger partial charge in [0.25, 0.3) is 0 Å². The van der Waals surface area contributed by atoms with Crippen LogP contribution in [0.2, 0.25) is 0 Å². The minimum absolute atomic E-state index is 0.556. The lowest BCUT2D eigenvalue weighted by atomic mass is 9.76. The molecule has 0 amide bonds. The Morgan fingerprint density at radius 3 is 2.17 bits per heavy atom. The highest BCUT2D eigenvalue weighted by molar-refractivity contribution is 5.02. The highest BCUT2D eigenvalue weighted by Gasteiger charge is 2.47. The average Bonchev–Trinajstić information content (AvgIpc) is 2.67. The summed E-state index contributed by atoms with van der Waals surface area (Å²) in [6.45, 7) is 5.01. The van der Waals surface area contributed by atoms with Gasteiger partial charge in [0.2, 0.25) is 0 Å². The summed E-state index contributed by atoms with van der Waals surface area (Å²) in [7, 11) is 2.15. The molecule has 0 aromatic carbocycles. The molecule has 0 radical (unpaired) electrons. The third kappa shape index (κ3) is 2.12. The molecule has 0 spiro atoms. The minimum Gasteiger partial charge on any atom is -0.317 e. The maximum absolute atomic E-state index is 3.54. The third-order valence-corrected chi connectivity index (χ3v) is 6.00. The molecule has 2 aliphatic heterocycles. The fourth-order valence-corrected chi connectivity index (χ4v) is 5.02. The van der Waals surface area contributed by atoms with Gasteiger partial charge in [0.1, 0.15) is 0 Å². The first-order chi connectivity index (χ1) is 8.62. The summed E-state index contributed by atoms with van der Waals surface area (Å²) in [6, 6.07) is 3.39. The van der Waals surface area contributed by atoms with Gasteiger partial charge >= 0.3 is 0 Å². The van der Waals surface area contributed by atoms with Crippen LogP contribution < -0.4 is 5.32 Å². The van der Waals surface area contributed by atoms with Crippen molar-refractivity contribution in [3.8, 4) is 0 Å². The van der Waals surface area contributed by atoms with Gasteiger partial charge in [0.05, 0.1) is 0 Å². The van der Waals surface area contributed by atoms with E-state index < -0.39 is 0 Å². The Balaban J connectivity index is 1.79. The van der Waals surface area contributed by atoms with E-state index in [-0.39, 0.29) is 0 Å². The lowest BCUT2D eigenvalue weighted by Gasteiger charge is -2.54. The second-order valence-corrected chi connectivity index (χ2v) is 7.54. The fraction of sp³-hybridized carbons (Fsp3) is 1.00. The van der Waals surface area contributed by atoms with Crippen molar-refractivity contribution in [2.24, 2.45) is 5.41 Å². The average molecular weight is 250 g/mol. The summed E-state index contributed by atoms with van der Waals surface area (Å²) >= 11 is 0. The van der Waals surface area contributed by atoms with Gasteiger partial charge in [0.15, 0.2) is 0 Å². The quantitative estimate of drug-likeness (QED) is 0.810. The predicted molar refractivity (Wildman–Crippen MR) is 76.8 cm³/mol. The second kappa shape index (κ2) is 4.79. The maximum atomic E-state index is 3.54. The van der Waals surface area contributed by atoms with Crippen molar-refractivity contribution < 1.29 is 0 Å². The van der Waals surface area contributed by atoms with Crippen molar-refractivity contribution in [1.29, 1.82) is 0 Å². The van der Waals surface area contributed by atoms with Gasteiger partial charge in [0, 0.05) is 24.2 Å². The molecule has 1 saturated carbocycles. The van der Waals surface area contributed by atoms with Crippen LogP contribution in [-0.2, 0) is 0 Å². The van der Waals surface area contributed by atoms with Crippen molar-refractivity contribution in [2.45, 2.75) is 89.4 Å². The SMILES string of the molecule is CNC1CC2CCCC(C1)N2C1CCCC1(C)C. The van der Waals surface area contributed by atoms with Crippen LogP contribution in [0, 0.1) is 5.41 Å². The summed E-state index contributed by atoms with van der Waals surface area (Å²) in [5, 5.41) is 3.54. The first kappa shape index (κ1) is 12.9. The molecule has 2 heteroatoms. The van der Waals surface area contributed by atoms with Gasteiger partial charge in [-0.25, -0.2) is 0 Å². The molecule has 2 heterocycles. The van der Waals surface area contributed by atoms with Gasteiger partial charge in [-0.05, 0) is 51.0 Å². The van der Waals surface area contributed by atoms with Gasteiger partial charge in [-0.2, -0.15) is 0 Å². The zero-order valence-electron chi connectivity index (χ0n) is 12.4. The lowest BCUT2D eigenvalue weighted by molar-refractivity contribution is -0.0387. The molecule has 2 bridgehead atoms. The number of nitrogens with zero attached hydrogens (tertiary/aromatic N) is 1. The number of hydrogen-bond acceptors (Lipinski definition) is 2. The molecular formula is C16H30N2. The Morgan fingerprint density at radius 1 is 1.00 bits per heavy atom. The van der Waals surface area contributed by atoms with Gasteiger partial charge < -0.3 is 5.32 Å².